The molecule has 0 aliphatic carbocycles. The highest BCUT2D eigenvalue weighted by Gasteiger charge is 2.33. The Hall–Kier alpha value is -2.73. The first kappa shape index (κ1) is 21.0. The second kappa shape index (κ2) is 9.18. The van der Waals surface area contributed by atoms with Crippen molar-refractivity contribution in [2.75, 3.05) is 13.1 Å². The molecule has 1 aliphatic heterocycles. The Labute approximate surface area is 170 Å². The van der Waals surface area contributed by atoms with Gasteiger partial charge in [0, 0.05) is 31.6 Å². The van der Waals surface area contributed by atoms with Crippen LogP contribution in [0.4, 0.5) is 4.39 Å². The van der Waals surface area contributed by atoms with E-state index in [1.54, 1.807) is 41.3 Å². The number of rotatable bonds is 5. The number of carbonyl (C=O) groups is 2. The van der Waals surface area contributed by atoms with E-state index in [9.17, 15) is 19.1 Å². The Balaban J connectivity index is 1.80. The summed E-state index contributed by atoms with van der Waals surface area (Å²) in [5, 5.41) is 9.18. The third-order valence-corrected chi connectivity index (χ3v) is 5.43. The summed E-state index contributed by atoms with van der Waals surface area (Å²) in [6, 6.07) is 12.9. The average Bonchev–Trinajstić information content (AvgIpc) is 2.89. The first-order valence-corrected chi connectivity index (χ1v) is 9.92. The van der Waals surface area contributed by atoms with Crippen molar-refractivity contribution in [2.24, 2.45) is 5.92 Å². The number of aliphatic hydroxyl groups is 1. The maximum Gasteiger partial charge on any atom is 0.253 e. The molecule has 1 N–H and O–H groups in total. The van der Waals surface area contributed by atoms with Crippen molar-refractivity contribution in [3.05, 3.63) is 71.0 Å². The normalized spacial score (nSPS) is 17.6. The van der Waals surface area contributed by atoms with E-state index in [2.05, 4.69) is 0 Å². The fourth-order valence-electron chi connectivity index (χ4n) is 3.66. The third-order valence-electron chi connectivity index (χ3n) is 5.43. The standard InChI is InChI=1S/C23H27FN2O3/c1-16(2)21-14-25(23(29)19-7-3-18(15-27)4-8-19)12-11-22(28)26(21)13-17-5-9-20(24)10-6-17/h3-10,16,21,27H,11-15H2,1-2H3. The zero-order valence-electron chi connectivity index (χ0n) is 16.8. The molecule has 5 nitrogen and oxygen atoms in total. The van der Waals surface area contributed by atoms with Crippen LogP contribution in [0.5, 0.6) is 0 Å². The number of benzene rings is 2. The van der Waals surface area contributed by atoms with Crippen LogP contribution in [0.15, 0.2) is 48.5 Å². The first-order valence-electron chi connectivity index (χ1n) is 9.92. The van der Waals surface area contributed by atoms with E-state index >= 15 is 0 Å². The van der Waals surface area contributed by atoms with Gasteiger partial charge in [-0.05, 0) is 41.3 Å². The Morgan fingerprint density at radius 3 is 2.31 bits per heavy atom. The minimum absolute atomic E-state index is 0.000969. The van der Waals surface area contributed by atoms with E-state index < -0.39 is 0 Å². The lowest BCUT2D eigenvalue weighted by Gasteiger charge is -2.34. The predicted octanol–water partition coefficient (Wildman–Crippen LogP) is 3.22. The minimum atomic E-state index is -0.305. The van der Waals surface area contributed by atoms with E-state index in [-0.39, 0.29) is 42.6 Å². The highest BCUT2D eigenvalue weighted by atomic mass is 19.1. The fourth-order valence-corrected chi connectivity index (χ4v) is 3.66. The largest absolute Gasteiger partial charge is 0.392 e. The van der Waals surface area contributed by atoms with Gasteiger partial charge in [-0.1, -0.05) is 38.1 Å². The van der Waals surface area contributed by atoms with E-state index in [0.717, 1.165) is 11.1 Å². The van der Waals surface area contributed by atoms with Crippen LogP contribution in [0.25, 0.3) is 0 Å². The molecule has 3 rings (SSSR count). The number of amides is 2. The van der Waals surface area contributed by atoms with Gasteiger partial charge < -0.3 is 14.9 Å². The molecule has 1 unspecified atom stereocenters. The summed E-state index contributed by atoms with van der Waals surface area (Å²) in [7, 11) is 0. The van der Waals surface area contributed by atoms with Gasteiger partial charge in [0.2, 0.25) is 5.91 Å². The smallest absolute Gasteiger partial charge is 0.253 e. The monoisotopic (exact) mass is 398 g/mol. The molecule has 1 heterocycles. The molecule has 2 aromatic rings. The summed E-state index contributed by atoms with van der Waals surface area (Å²) in [6.07, 6.45) is 0.255. The lowest BCUT2D eigenvalue weighted by atomic mass is 10.0. The lowest BCUT2D eigenvalue weighted by Crippen LogP contribution is -2.47. The van der Waals surface area contributed by atoms with Gasteiger partial charge in [0.05, 0.1) is 12.6 Å². The van der Waals surface area contributed by atoms with Crippen molar-refractivity contribution >= 4 is 11.8 Å². The zero-order chi connectivity index (χ0) is 21.0. The van der Waals surface area contributed by atoms with Crippen molar-refractivity contribution in [1.82, 2.24) is 9.80 Å². The lowest BCUT2D eigenvalue weighted by molar-refractivity contribution is -0.134. The van der Waals surface area contributed by atoms with Crippen molar-refractivity contribution in [3.63, 3.8) is 0 Å². The molecule has 0 bridgehead atoms. The molecule has 154 valence electrons. The van der Waals surface area contributed by atoms with Gasteiger partial charge in [-0.2, -0.15) is 0 Å². The van der Waals surface area contributed by atoms with Gasteiger partial charge in [0.25, 0.3) is 5.91 Å². The van der Waals surface area contributed by atoms with Gasteiger partial charge in [0.15, 0.2) is 0 Å². The first-order chi connectivity index (χ1) is 13.9. The second-order valence-corrected chi connectivity index (χ2v) is 7.82. The average molecular weight is 398 g/mol. The van der Waals surface area contributed by atoms with Gasteiger partial charge >= 0.3 is 0 Å². The van der Waals surface area contributed by atoms with Crippen LogP contribution < -0.4 is 0 Å². The van der Waals surface area contributed by atoms with Crippen molar-refractivity contribution in [3.8, 4) is 0 Å². The number of hydrogen-bond acceptors (Lipinski definition) is 3. The molecule has 1 saturated heterocycles. The molecule has 0 aromatic heterocycles. The third kappa shape index (κ3) is 5.01. The minimum Gasteiger partial charge on any atom is -0.392 e. The van der Waals surface area contributed by atoms with Gasteiger partial charge in [-0.15, -0.1) is 0 Å². The fraction of sp³-hybridized carbons (Fsp3) is 0.391. The van der Waals surface area contributed by atoms with E-state index in [0.29, 0.717) is 25.2 Å². The Kier molecular flexibility index (Phi) is 6.64. The van der Waals surface area contributed by atoms with Crippen LogP contribution in [0.3, 0.4) is 0 Å². The summed E-state index contributed by atoms with van der Waals surface area (Å²) in [6.45, 7) is 5.22. The van der Waals surface area contributed by atoms with E-state index in [1.165, 1.54) is 12.1 Å². The van der Waals surface area contributed by atoms with E-state index in [4.69, 9.17) is 0 Å². The number of hydrogen-bond donors (Lipinski definition) is 1. The summed E-state index contributed by atoms with van der Waals surface area (Å²) in [4.78, 5) is 29.5. The second-order valence-electron chi connectivity index (χ2n) is 7.82. The highest BCUT2D eigenvalue weighted by Crippen LogP contribution is 2.22. The van der Waals surface area contributed by atoms with Crippen LogP contribution in [0, 0.1) is 11.7 Å². The van der Waals surface area contributed by atoms with Gasteiger partial charge in [-0.3, -0.25) is 9.59 Å². The summed E-state index contributed by atoms with van der Waals surface area (Å²) < 4.78 is 13.2. The molecule has 2 amide bonds. The molecule has 0 spiro atoms. The van der Waals surface area contributed by atoms with E-state index in [1.807, 2.05) is 18.7 Å². The number of carbonyl (C=O) groups excluding carboxylic acids is 2. The number of nitrogens with zero attached hydrogens (tertiary/aromatic N) is 2. The van der Waals surface area contributed by atoms with Crippen LogP contribution in [-0.4, -0.2) is 45.9 Å². The van der Waals surface area contributed by atoms with Crippen LogP contribution in [0.1, 0.15) is 41.8 Å². The summed E-state index contributed by atoms with van der Waals surface area (Å²) in [5.41, 5.74) is 2.16. The molecular formula is C23H27FN2O3. The Bertz CT molecular complexity index is 849. The molecule has 6 heteroatoms. The van der Waals surface area contributed by atoms with Crippen molar-refractivity contribution in [1.29, 1.82) is 0 Å². The molecule has 2 aromatic carbocycles. The highest BCUT2D eigenvalue weighted by molar-refractivity contribution is 5.94. The topological polar surface area (TPSA) is 60.9 Å². The molecule has 1 atom stereocenters. The Morgan fingerprint density at radius 1 is 1.10 bits per heavy atom. The maximum absolute atomic E-state index is 13.2. The molecule has 1 aliphatic rings. The Morgan fingerprint density at radius 2 is 1.72 bits per heavy atom. The maximum atomic E-state index is 13.2. The van der Waals surface area contributed by atoms with Crippen molar-refractivity contribution in [2.45, 2.75) is 39.5 Å². The number of aliphatic hydroxyl groups excluding tert-OH is 1. The molecule has 29 heavy (non-hydrogen) atoms. The predicted molar refractivity (Wildman–Crippen MR) is 108 cm³/mol. The molecule has 0 saturated carbocycles. The van der Waals surface area contributed by atoms with Crippen LogP contribution in [0.2, 0.25) is 0 Å². The summed E-state index contributed by atoms with van der Waals surface area (Å²) in [5.74, 6) is -0.263. The van der Waals surface area contributed by atoms with Gasteiger partial charge in [-0.25, -0.2) is 4.39 Å². The molecule has 1 fully saturated rings. The van der Waals surface area contributed by atoms with Crippen LogP contribution >= 0.6 is 0 Å². The molecule has 0 radical (unpaired) electrons. The zero-order valence-corrected chi connectivity index (χ0v) is 16.8. The summed E-state index contributed by atoms with van der Waals surface area (Å²) >= 11 is 0. The molecular weight excluding hydrogens is 371 g/mol. The van der Waals surface area contributed by atoms with Crippen LogP contribution in [-0.2, 0) is 17.9 Å². The quantitative estimate of drug-likeness (QED) is 0.841. The number of halogens is 1. The van der Waals surface area contributed by atoms with Gasteiger partial charge in [0.1, 0.15) is 5.82 Å². The van der Waals surface area contributed by atoms with Crippen molar-refractivity contribution < 1.29 is 19.1 Å². The SMILES string of the molecule is CC(C)C1CN(C(=O)c2ccc(CO)cc2)CCC(=O)N1Cc1ccc(F)cc1.